The fourth-order valence-electron chi connectivity index (χ4n) is 3.57. The highest BCUT2D eigenvalue weighted by molar-refractivity contribution is 9.10. The molecule has 0 bridgehead atoms. The second-order valence-corrected chi connectivity index (χ2v) is 11.7. The highest BCUT2D eigenvalue weighted by Gasteiger charge is 2.31. The highest BCUT2D eigenvalue weighted by Crippen LogP contribution is 2.31. The lowest BCUT2D eigenvalue weighted by molar-refractivity contribution is -0.143. The molecule has 0 unspecified atom stereocenters. The first kappa shape index (κ1) is 27.9. The molecule has 2 aromatic carbocycles. The van der Waals surface area contributed by atoms with Crippen molar-refractivity contribution in [3.05, 3.63) is 63.6 Å². The number of nitrogens with one attached hydrogen (secondary N) is 1. The average Bonchev–Trinajstić information content (AvgIpc) is 2.72. The fourth-order valence-corrected chi connectivity index (χ4v) is 4.06. The molecule has 0 aliphatic rings. The molecule has 0 aliphatic heterocycles. The van der Waals surface area contributed by atoms with Gasteiger partial charge >= 0.3 is 0 Å². The lowest BCUT2D eigenvalue weighted by Gasteiger charge is -2.33. The highest BCUT2D eigenvalue weighted by atomic mass is 79.9. The molecule has 0 saturated heterocycles. The van der Waals surface area contributed by atoms with Crippen LogP contribution < -0.4 is 10.1 Å². The van der Waals surface area contributed by atoms with Crippen LogP contribution in [0, 0.1) is 6.92 Å². The molecule has 186 valence electrons. The number of nitrogens with zero attached hydrogens (tertiary/aromatic N) is 1. The number of hydrogen-bond donors (Lipinski definition) is 1. The third-order valence-electron chi connectivity index (χ3n) is 5.51. The minimum atomic E-state index is -0.594. The van der Waals surface area contributed by atoms with Crippen molar-refractivity contribution < 1.29 is 14.3 Å². The number of amides is 2. The number of halogens is 1. The molecule has 2 rings (SSSR count). The lowest BCUT2D eigenvalue weighted by Crippen LogP contribution is -2.54. The molecular weight excluding hydrogens is 492 g/mol. The van der Waals surface area contributed by atoms with Gasteiger partial charge in [0.1, 0.15) is 11.8 Å². The number of carbonyl (C=O) groups excluding carboxylic acids is 2. The van der Waals surface area contributed by atoms with Crippen molar-refractivity contribution in [2.75, 3.05) is 6.61 Å². The van der Waals surface area contributed by atoms with E-state index in [-0.39, 0.29) is 29.4 Å². The zero-order valence-corrected chi connectivity index (χ0v) is 23.4. The molecule has 5 nitrogen and oxygen atoms in total. The molecule has 2 amide bonds. The molecule has 0 spiro atoms. The van der Waals surface area contributed by atoms with Crippen LogP contribution in [0.3, 0.4) is 0 Å². The summed E-state index contributed by atoms with van der Waals surface area (Å²) in [4.78, 5) is 28.1. The Bertz CT molecular complexity index is 988. The zero-order valence-electron chi connectivity index (χ0n) is 21.8. The molecule has 0 heterocycles. The van der Waals surface area contributed by atoms with Crippen LogP contribution in [0.25, 0.3) is 0 Å². The minimum Gasteiger partial charge on any atom is -0.483 e. The lowest BCUT2D eigenvalue weighted by atomic mass is 9.87. The SMILES string of the molecule is CC[C@@H](C(=O)NC(C)(C)C)N(Cc1ccc(C)cc1)C(=O)COc1ccc(C(C)(C)C)cc1Br. The Balaban J connectivity index is 2.25. The van der Waals surface area contributed by atoms with E-state index in [0.717, 1.165) is 15.6 Å². The topological polar surface area (TPSA) is 58.6 Å². The summed E-state index contributed by atoms with van der Waals surface area (Å²) >= 11 is 3.57. The van der Waals surface area contributed by atoms with Crippen LogP contribution in [0.1, 0.15) is 71.6 Å². The van der Waals surface area contributed by atoms with E-state index in [1.54, 1.807) is 4.90 Å². The molecular formula is C28H39BrN2O3. The predicted octanol–water partition coefficient (Wildman–Crippen LogP) is 6.16. The number of benzene rings is 2. The van der Waals surface area contributed by atoms with E-state index in [1.807, 2.05) is 77.1 Å². The van der Waals surface area contributed by atoms with Crippen molar-refractivity contribution in [3.63, 3.8) is 0 Å². The van der Waals surface area contributed by atoms with Gasteiger partial charge in [-0.05, 0) is 78.7 Å². The van der Waals surface area contributed by atoms with E-state index in [2.05, 4.69) is 42.0 Å². The van der Waals surface area contributed by atoms with Gasteiger partial charge in [-0.1, -0.05) is 63.6 Å². The Morgan fingerprint density at radius 1 is 1.03 bits per heavy atom. The van der Waals surface area contributed by atoms with Gasteiger partial charge in [-0.3, -0.25) is 9.59 Å². The Hall–Kier alpha value is -2.34. The van der Waals surface area contributed by atoms with Gasteiger partial charge in [-0.2, -0.15) is 0 Å². The summed E-state index contributed by atoms with van der Waals surface area (Å²) in [6.07, 6.45) is 0.503. The average molecular weight is 532 g/mol. The predicted molar refractivity (Wildman–Crippen MR) is 142 cm³/mol. The number of rotatable bonds is 8. The van der Waals surface area contributed by atoms with Gasteiger partial charge in [-0.25, -0.2) is 0 Å². The van der Waals surface area contributed by atoms with Gasteiger partial charge in [0, 0.05) is 12.1 Å². The molecule has 0 radical (unpaired) electrons. The van der Waals surface area contributed by atoms with Crippen LogP contribution in [0.5, 0.6) is 5.75 Å². The molecule has 0 aromatic heterocycles. The van der Waals surface area contributed by atoms with Gasteiger partial charge < -0.3 is 15.0 Å². The van der Waals surface area contributed by atoms with Crippen molar-refractivity contribution in [1.82, 2.24) is 10.2 Å². The van der Waals surface area contributed by atoms with E-state index in [1.165, 1.54) is 5.56 Å². The maximum absolute atomic E-state index is 13.4. The fraction of sp³-hybridized carbons (Fsp3) is 0.500. The van der Waals surface area contributed by atoms with E-state index < -0.39 is 6.04 Å². The molecule has 0 fully saturated rings. The summed E-state index contributed by atoms with van der Waals surface area (Å²) in [5, 5.41) is 3.02. The second-order valence-electron chi connectivity index (χ2n) is 10.9. The van der Waals surface area contributed by atoms with Crippen LogP contribution in [-0.2, 0) is 21.5 Å². The smallest absolute Gasteiger partial charge is 0.261 e. The maximum atomic E-state index is 13.4. The van der Waals surface area contributed by atoms with E-state index >= 15 is 0 Å². The third-order valence-corrected chi connectivity index (χ3v) is 6.13. The van der Waals surface area contributed by atoms with Crippen LogP contribution in [-0.4, -0.2) is 34.9 Å². The van der Waals surface area contributed by atoms with Crippen LogP contribution >= 0.6 is 15.9 Å². The van der Waals surface area contributed by atoms with Crippen molar-refractivity contribution >= 4 is 27.7 Å². The van der Waals surface area contributed by atoms with Gasteiger partial charge in [-0.15, -0.1) is 0 Å². The van der Waals surface area contributed by atoms with Gasteiger partial charge in [0.2, 0.25) is 5.91 Å². The number of hydrogen-bond acceptors (Lipinski definition) is 3. The summed E-state index contributed by atoms with van der Waals surface area (Å²) in [5.41, 5.74) is 2.90. The Morgan fingerprint density at radius 2 is 1.65 bits per heavy atom. The molecule has 34 heavy (non-hydrogen) atoms. The first-order valence-electron chi connectivity index (χ1n) is 11.8. The van der Waals surface area contributed by atoms with Crippen molar-refractivity contribution in [3.8, 4) is 5.75 Å². The van der Waals surface area contributed by atoms with Crippen molar-refractivity contribution in [2.24, 2.45) is 0 Å². The monoisotopic (exact) mass is 530 g/mol. The quantitative estimate of drug-likeness (QED) is 0.444. The summed E-state index contributed by atoms with van der Waals surface area (Å²) < 4.78 is 6.71. The standard InChI is InChI=1S/C28H39BrN2O3/c1-9-23(26(33)30-28(6,7)8)31(17-20-12-10-19(2)11-13-20)25(32)18-34-24-15-14-21(16-22(24)29)27(3,4)5/h10-16,23H,9,17-18H2,1-8H3,(H,30,33)/t23-/m0/s1. The molecule has 6 heteroatoms. The Morgan fingerprint density at radius 3 is 2.15 bits per heavy atom. The zero-order chi connectivity index (χ0) is 25.7. The van der Waals surface area contributed by atoms with E-state index in [4.69, 9.17) is 4.74 Å². The summed E-state index contributed by atoms with van der Waals surface area (Å²) in [5.74, 6) is 0.207. The minimum absolute atomic E-state index is 0.0104. The number of carbonyl (C=O) groups is 2. The largest absolute Gasteiger partial charge is 0.483 e. The first-order valence-corrected chi connectivity index (χ1v) is 12.6. The Labute approximate surface area is 213 Å². The van der Waals surface area contributed by atoms with Crippen LogP contribution in [0.15, 0.2) is 46.9 Å². The molecule has 2 aromatic rings. The second kappa shape index (κ2) is 11.4. The molecule has 0 aliphatic carbocycles. The van der Waals surface area contributed by atoms with E-state index in [0.29, 0.717) is 18.7 Å². The maximum Gasteiger partial charge on any atom is 0.261 e. The summed E-state index contributed by atoms with van der Waals surface area (Å²) in [7, 11) is 0. The first-order chi connectivity index (χ1) is 15.7. The summed E-state index contributed by atoms with van der Waals surface area (Å²) in [6.45, 7) is 16.4. The summed E-state index contributed by atoms with van der Waals surface area (Å²) in [6, 6.07) is 13.3. The van der Waals surface area contributed by atoms with Gasteiger partial charge in [0.05, 0.1) is 4.47 Å². The van der Waals surface area contributed by atoms with Crippen LogP contribution in [0.2, 0.25) is 0 Å². The van der Waals surface area contributed by atoms with Crippen LogP contribution in [0.4, 0.5) is 0 Å². The van der Waals surface area contributed by atoms with Gasteiger partial charge in [0.15, 0.2) is 6.61 Å². The van der Waals surface area contributed by atoms with Crippen molar-refractivity contribution in [2.45, 2.75) is 85.4 Å². The molecule has 0 saturated carbocycles. The molecule has 1 atom stereocenters. The van der Waals surface area contributed by atoms with E-state index in [9.17, 15) is 9.59 Å². The van der Waals surface area contributed by atoms with Crippen molar-refractivity contribution in [1.29, 1.82) is 0 Å². The number of ether oxygens (including phenoxy) is 1. The van der Waals surface area contributed by atoms with Gasteiger partial charge in [0.25, 0.3) is 5.91 Å². The third kappa shape index (κ3) is 8.15. The molecule has 1 N–H and O–H groups in total. The number of aryl methyl sites for hydroxylation is 1. The Kier molecular flexibility index (Phi) is 9.35. The normalized spacial score (nSPS) is 12.7.